The number of hydrogen-bond acceptors (Lipinski definition) is 5. The third-order valence-corrected chi connectivity index (χ3v) is 5.91. The molecule has 1 fully saturated rings. The molecule has 0 saturated carbocycles. The summed E-state index contributed by atoms with van der Waals surface area (Å²) in [6, 6.07) is 9.74. The lowest BCUT2D eigenvalue weighted by Crippen LogP contribution is -2.40. The molecule has 7 nitrogen and oxygen atoms in total. The fourth-order valence-corrected chi connectivity index (χ4v) is 4.16. The van der Waals surface area contributed by atoms with E-state index in [0.29, 0.717) is 35.9 Å². The van der Waals surface area contributed by atoms with Crippen molar-refractivity contribution in [1.82, 2.24) is 14.7 Å². The van der Waals surface area contributed by atoms with Crippen LogP contribution >= 0.6 is 0 Å². The van der Waals surface area contributed by atoms with Crippen molar-refractivity contribution in [2.24, 2.45) is 5.73 Å². The number of benzene rings is 2. The third kappa shape index (κ3) is 5.32. The number of anilines is 1. The van der Waals surface area contributed by atoms with E-state index in [1.54, 1.807) is 33.8 Å². The van der Waals surface area contributed by atoms with Gasteiger partial charge in [-0.05, 0) is 55.3 Å². The van der Waals surface area contributed by atoms with Crippen molar-refractivity contribution in [2.75, 3.05) is 25.5 Å². The van der Waals surface area contributed by atoms with Crippen molar-refractivity contribution in [3.8, 4) is 22.8 Å². The standard InChI is InChI=1S/C25H26F3N5O2/c26-11-1-4-23(34)32-12-2-3-18(15-32)33-25(30)20(14-29)24(31-33)16-5-8-19(9-6-16)35-22-10-7-17(27)13-21(22)28/h1,4-10,13,18H,2-3,11-12,14-15,29-30H2/b4-1+/t18-/m1/s1. The van der Waals surface area contributed by atoms with Crippen LogP contribution in [0.3, 0.4) is 0 Å². The molecule has 2 aromatic carbocycles. The maximum absolute atomic E-state index is 13.9. The first-order chi connectivity index (χ1) is 16.9. The van der Waals surface area contributed by atoms with Gasteiger partial charge in [0, 0.05) is 42.9 Å². The molecule has 1 aliphatic heterocycles. The Bertz CT molecular complexity index is 1230. The number of ether oxygens (including phenoxy) is 1. The molecule has 1 saturated heterocycles. The second-order valence-electron chi connectivity index (χ2n) is 8.20. The minimum Gasteiger partial charge on any atom is -0.454 e. The maximum atomic E-state index is 13.9. The zero-order chi connectivity index (χ0) is 24.9. The zero-order valence-corrected chi connectivity index (χ0v) is 19.0. The summed E-state index contributed by atoms with van der Waals surface area (Å²) in [5.41, 5.74) is 14.4. The maximum Gasteiger partial charge on any atom is 0.246 e. The third-order valence-electron chi connectivity index (χ3n) is 5.91. The SMILES string of the molecule is NCc1c(-c2ccc(Oc3ccc(F)cc3F)cc2)nn([C@@H]2CCCN(C(=O)/C=C/CF)C2)c1N. The number of nitrogen functional groups attached to an aromatic ring is 1. The Kier molecular flexibility index (Phi) is 7.40. The van der Waals surface area contributed by atoms with Crippen LogP contribution in [0.2, 0.25) is 0 Å². The Labute approximate surface area is 200 Å². The van der Waals surface area contributed by atoms with Crippen molar-refractivity contribution in [3.63, 3.8) is 0 Å². The first-order valence-electron chi connectivity index (χ1n) is 11.2. The number of halogens is 3. The van der Waals surface area contributed by atoms with Crippen LogP contribution in [-0.4, -0.2) is 40.4 Å². The molecule has 1 aliphatic rings. The highest BCUT2D eigenvalue weighted by atomic mass is 19.1. The highest BCUT2D eigenvalue weighted by Crippen LogP contribution is 2.33. The molecule has 1 atom stereocenters. The summed E-state index contributed by atoms with van der Waals surface area (Å²) >= 11 is 0. The van der Waals surface area contributed by atoms with Crippen molar-refractivity contribution in [2.45, 2.75) is 25.4 Å². The van der Waals surface area contributed by atoms with Gasteiger partial charge in [-0.15, -0.1) is 0 Å². The Morgan fingerprint density at radius 1 is 1.20 bits per heavy atom. The van der Waals surface area contributed by atoms with Crippen molar-refractivity contribution < 1.29 is 22.7 Å². The molecule has 2 heterocycles. The summed E-state index contributed by atoms with van der Waals surface area (Å²) in [6.45, 7) is 0.455. The number of amides is 1. The molecule has 1 amide bonds. The molecule has 10 heteroatoms. The van der Waals surface area contributed by atoms with Gasteiger partial charge in [-0.2, -0.15) is 5.10 Å². The highest BCUT2D eigenvalue weighted by molar-refractivity contribution is 5.87. The summed E-state index contributed by atoms with van der Waals surface area (Å²) in [5, 5.41) is 4.72. The van der Waals surface area contributed by atoms with Gasteiger partial charge in [0.05, 0.1) is 11.7 Å². The zero-order valence-electron chi connectivity index (χ0n) is 19.0. The van der Waals surface area contributed by atoms with E-state index in [-0.39, 0.29) is 24.2 Å². The number of alkyl halides is 1. The normalized spacial score (nSPS) is 16.1. The van der Waals surface area contributed by atoms with Crippen molar-refractivity contribution in [1.29, 1.82) is 0 Å². The molecular weight excluding hydrogens is 459 g/mol. The van der Waals surface area contributed by atoms with E-state index in [2.05, 4.69) is 0 Å². The van der Waals surface area contributed by atoms with Gasteiger partial charge < -0.3 is 21.1 Å². The van der Waals surface area contributed by atoms with E-state index in [4.69, 9.17) is 21.3 Å². The number of nitrogens with two attached hydrogens (primary N) is 2. The number of aromatic nitrogens is 2. The van der Waals surface area contributed by atoms with E-state index < -0.39 is 18.3 Å². The number of carbonyl (C=O) groups excluding carboxylic acids is 1. The average molecular weight is 486 g/mol. The molecular formula is C25H26F3N5O2. The van der Waals surface area contributed by atoms with E-state index in [9.17, 15) is 18.0 Å². The minimum absolute atomic E-state index is 0.0897. The Morgan fingerprint density at radius 3 is 2.66 bits per heavy atom. The lowest BCUT2D eigenvalue weighted by molar-refractivity contribution is -0.127. The molecule has 0 aliphatic carbocycles. The molecule has 0 bridgehead atoms. The number of allylic oxidation sites excluding steroid dienone is 1. The molecule has 1 aromatic heterocycles. The summed E-state index contributed by atoms with van der Waals surface area (Å²) in [6.07, 6.45) is 3.98. The number of rotatable bonds is 7. The van der Waals surface area contributed by atoms with E-state index >= 15 is 0 Å². The monoisotopic (exact) mass is 485 g/mol. The van der Waals surface area contributed by atoms with Gasteiger partial charge >= 0.3 is 0 Å². The number of likely N-dealkylation sites (tertiary alicyclic amines) is 1. The molecule has 0 radical (unpaired) electrons. The van der Waals surface area contributed by atoms with Gasteiger partial charge in [0.15, 0.2) is 11.6 Å². The van der Waals surface area contributed by atoms with Crippen LogP contribution in [-0.2, 0) is 11.3 Å². The summed E-state index contributed by atoms with van der Waals surface area (Å²) < 4.78 is 46.6. The van der Waals surface area contributed by atoms with Gasteiger partial charge in [-0.3, -0.25) is 4.79 Å². The van der Waals surface area contributed by atoms with E-state index in [1.165, 1.54) is 18.2 Å². The predicted octanol–water partition coefficient (Wildman–Crippen LogP) is 4.35. The lowest BCUT2D eigenvalue weighted by atomic mass is 10.1. The molecule has 4 rings (SSSR count). The predicted molar refractivity (Wildman–Crippen MR) is 126 cm³/mol. The Morgan fingerprint density at radius 2 is 1.97 bits per heavy atom. The minimum atomic E-state index is -0.800. The molecule has 35 heavy (non-hydrogen) atoms. The van der Waals surface area contributed by atoms with Gasteiger partial charge in [-0.1, -0.05) is 0 Å². The summed E-state index contributed by atoms with van der Waals surface area (Å²) in [7, 11) is 0. The van der Waals surface area contributed by atoms with Crippen LogP contribution in [0.15, 0.2) is 54.6 Å². The highest BCUT2D eigenvalue weighted by Gasteiger charge is 2.28. The second kappa shape index (κ2) is 10.6. The molecule has 3 aromatic rings. The van der Waals surface area contributed by atoms with Crippen molar-refractivity contribution >= 4 is 11.7 Å². The van der Waals surface area contributed by atoms with Gasteiger partial charge in [0.25, 0.3) is 0 Å². The van der Waals surface area contributed by atoms with E-state index in [1.807, 2.05) is 0 Å². The van der Waals surface area contributed by atoms with Gasteiger partial charge in [0.1, 0.15) is 24.1 Å². The number of hydrogen-bond donors (Lipinski definition) is 2. The van der Waals surface area contributed by atoms with Crippen molar-refractivity contribution in [3.05, 3.63) is 71.8 Å². The van der Waals surface area contributed by atoms with Crippen LogP contribution in [0.4, 0.5) is 19.0 Å². The molecule has 184 valence electrons. The average Bonchev–Trinajstić information content (AvgIpc) is 3.20. The Hall–Kier alpha value is -3.79. The van der Waals surface area contributed by atoms with Crippen LogP contribution in [0.1, 0.15) is 24.4 Å². The smallest absolute Gasteiger partial charge is 0.246 e. The largest absolute Gasteiger partial charge is 0.454 e. The lowest BCUT2D eigenvalue weighted by Gasteiger charge is -2.32. The van der Waals surface area contributed by atoms with Crippen LogP contribution in [0.5, 0.6) is 11.5 Å². The first-order valence-corrected chi connectivity index (χ1v) is 11.2. The van der Waals surface area contributed by atoms with Crippen LogP contribution < -0.4 is 16.2 Å². The Balaban J connectivity index is 1.56. The first kappa shape index (κ1) is 24.3. The fourth-order valence-electron chi connectivity index (χ4n) is 4.16. The summed E-state index contributed by atoms with van der Waals surface area (Å²) in [5.74, 6) is -1.03. The fraction of sp³-hybridized carbons (Fsp3) is 0.280. The van der Waals surface area contributed by atoms with Crippen LogP contribution in [0.25, 0.3) is 11.3 Å². The van der Waals surface area contributed by atoms with Crippen LogP contribution in [0, 0.1) is 11.6 Å². The topological polar surface area (TPSA) is 99.4 Å². The number of carbonyl (C=O) groups is 1. The molecule has 0 spiro atoms. The van der Waals surface area contributed by atoms with E-state index in [0.717, 1.165) is 30.5 Å². The second-order valence-corrected chi connectivity index (χ2v) is 8.20. The number of piperidine rings is 1. The number of nitrogens with zero attached hydrogens (tertiary/aromatic N) is 3. The molecule has 0 unspecified atom stereocenters. The summed E-state index contributed by atoms with van der Waals surface area (Å²) in [4.78, 5) is 14.0. The quantitative estimate of drug-likeness (QED) is 0.485. The van der Waals surface area contributed by atoms with Gasteiger partial charge in [-0.25, -0.2) is 17.9 Å². The molecule has 4 N–H and O–H groups in total. The van der Waals surface area contributed by atoms with Gasteiger partial charge in [0.2, 0.25) is 5.91 Å².